The van der Waals surface area contributed by atoms with Crippen molar-refractivity contribution in [3.05, 3.63) is 18.2 Å². The molecule has 0 aromatic heterocycles. The fourth-order valence-electron chi connectivity index (χ4n) is 3.58. The number of hydrogen-bond donors (Lipinski definition) is 1. The number of methoxy groups -OCH3 is 2. The second-order valence-electron chi connectivity index (χ2n) is 5.64. The molecule has 1 aliphatic carbocycles. The summed E-state index contributed by atoms with van der Waals surface area (Å²) < 4.78 is 10.9. The number of nitrogens with zero attached hydrogens (tertiary/aromatic N) is 1. The summed E-state index contributed by atoms with van der Waals surface area (Å²) in [6, 6.07) is 7.37. The Bertz CT molecular complexity index is 462. The number of rotatable bonds is 3. The summed E-state index contributed by atoms with van der Waals surface area (Å²) in [6.07, 6.45) is 5.24. The van der Waals surface area contributed by atoms with E-state index in [0.717, 1.165) is 24.6 Å². The summed E-state index contributed by atoms with van der Waals surface area (Å²) >= 11 is 0. The number of nitrogens with one attached hydrogen (secondary N) is 1. The Hall–Kier alpha value is -1.42. The molecule has 1 aromatic rings. The lowest BCUT2D eigenvalue weighted by Gasteiger charge is -2.46. The Labute approximate surface area is 121 Å². The minimum Gasteiger partial charge on any atom is -0.497 e. The molecule has 20 heavy (non-hydrogen) atoms. The van der Waals surface area contributed by atoms with Gasteiger partial charge in [-0.15, -0.1) is 0 Å². The van der Waals surface area contributed by atoms with Crippen LogP contribution in [0.3, 0.4) is 0 Å². The fraction of sp³-hybridized carbons (Fsp3) is 0.625. The molecule has 1 saturated carbocycles. The molecule has 4 heteroatoms. The third-order valence-electron chi connectivity index (χ3n) is 4.59. The van der Waals surface area contributed by atoms with Crippen LogP contribution in [-0.4, -0.2) is 39.4 Å². The number of ether oxygens (including phenoxy) is 2. The average Bonchev–Trinajstić information content (AvgIpc) is 2.53. The van der Waals surface area contributed by atoms with E-state index >= 15 is 0 Å². The zero-order chi connectivity index (χ0) is 13.9. The maximum Gasteiger partial charge on any atom is 0.145 e. The third-order valence-corrected chi connectivity index (χ3v) is 4.59. The second kappa shape index (κ2) is 5.92. The Kier molecular flexibility index (Phi) is 4.01. The highest BCUT2D eigenvalue weighted by atomic mass is 16.5. The van der Waals surface area contributed by atoms with Crippen molar-refractivity contribution in [1.82, 2.24) is 5.32 Å². The van der Waals surface area contributed by atoms with Crippen LogP contribution in [0.1, 0.15) is 25.7 Å². The van der Waals surface area contributed by atoms with E-state index in [1.165, 1.54) is 31.4 Å². The lowest BCUT2D eigenvalue weighted by Crippen LogP contribution is -2.59. The lowest BCUT2D eigenvalue weighted by molar-refractivity contribution is 0.282. The second-order valence-corrected chi connectivity index (χ2v) is 5.64. The smallest absolute Gasteiger partial charge is 0.145 e. The van der Waals surface area contributed by atoms with Gasteiger partial charge in [-0.1, -0.05) is 12.8 Å². The van der Waals surface area contributed by atoms with Gasteiger partial charge in [-0.05, 0) is 25.0 Å². The van der Waals surface area contributed by atoms with Gasteiger partial charge in [-0.2, -0.15) is 0 Å². The molecule has 1 aliphatic heterocycles. The molecule has 1 heterocycles. The van der Waals surface area contributed by atoms with Crippen molar-refractivity contribution in [1.29, 1.82) is 0 Å². The lowest BCUT2D eigenvalue weighted by atomic mass is 9.87. The molecule has 2 atom stereocenters. The summed E-state index contributed by atoms with van der Waals surface area (Å²) in [7, 11) is 3.43. The Morgan fingerprint density at radius 1 is 1.15 bits per heavy atom. The molecule has 2 fully saturated rings. The Morgan fingerprint density at radius 2 is 2.00 bits per heavy atom. The van der Waals surface area contributed by atoms with Gasteiger partial charge in [0.1, 0.15) is 11.5 Å². The zero-order valence-corrected chi connectivity index (χ0v) is 12.4. The number of anilines is 1. The first-order valence-corrected chi connectivity index (χ1v) is 7.55. The largest absolute Gasteiger partial charge is 0.497 e. The molecule has 3 rings (SSSR count). The van der Waals surface area contributed by atoms with Crippen molar-refractivity contribution in [3.63, 3.8) is 0 Å². The van der Waals surface area contributed by atoms with Crippen molar-refractivity contribution in [3.8, 4) is 11.5 Å². The van der Waals surface area contributed by atoms with E-state index in [0.29, 0.717) is 12.1 Å². The molecule has 110 valence electrons. The van der Waals surface area contributed by atoms with Crippen LogP contribution in [0.4, 0.5) is 5.69 Å². The standard InChI is InChI=1S/C16H24N2O2/c1-19-12-7-8-15(16(11-12)20-2)18-10-9-17-13-5-3-4-6-14(13)18/h7-8,11,13-14,17H,3-6,9-10H2,1-2H3/t13-,14+/m0/s1. The van der Waals surface area contributed by atoms with Crippen LogP contribution in [0.15, 0.2) is 18.2 Å². The highest BCUT2D eigenvalue weighted by Crippen LogP contribution is 2.37. The van der Waals surface area contributed by atoms with E-state index in [1.54, 1.807) is 14.2 Å². The molecule has 0 amide bonds. The van der Waals surface area contributed by atoms with Gasteiger partial charge < -0.3 is 19.7 Å². The van der Waals surface area contributed by atoms with Gasteiger partial charge in [0, 0.05) is 31.2 Å². The third kappa shape index (κ3) is 2.44. The SMILES string of the molecule is COc1ccc(N2CCN[C@H]3CCCC[C@H]32)c(OC)c1. The molecule has 2 aliphatic rings. The van der Waals surface area contributed by atoms with Crippen molar-refractivity contribution in [2.24, 2.45) is 0 Å². The quantitative estimate of drug-likeness (QED) is 0.919. The summed E-state index contributed by atoms with van der Waals surface area (Å²) in [5.74, 6) is 1.76. The monoisotopic (exact) mass is 276 g/mol. The zero-order valence-electron chi connectivity index (χ0n) is 12.4. The molecule has 0 unspecified atom stereocenters. The highest BCUT2D eigenvalue weighted by molar-refractivity contribution is 5.62. The number of fused-ring (bicyclic) bond motifs is 1. The van der Waals surface area contributed by atoms with Crippen molar-refractivity contribution in [2.75, 3.05) is 32.2 Å². The topological polar surface area (TPSA) is 33.7 Å². The first-order valence-electron chi connectivity index (χ1n) is 7.55. The predicted octanol–water partition coefficient (Wildman–Crippen LogP) is 2.42. The molecule has 0 bridgehead atoms. The van der Waals surface area contributed by atoms with Crippen LogP contribution in [0, 0.1) is 0 Å². The minimum absolute atomic E-state index is 0.597. The van der Waals surface area contributed by atoms with Crippen LogP contribution in [0.5, 0.6) is 11.5 Å². The minimum atomic E-state index is 0.597. The highest BCUT2D eigenvalue weighted by Gasteiger charge is 2.34. The van der Waals surface area contributed by atoms with E-state index in [-0.39, 0.29) is 0 Å². The van der Waals surface area contributed by atoms with Gasteiger partial charge in [-0.3, -0.25) is 0 Å². The van der Waals surface area contributed by atoms with Crippen molar-refractivity contribution < 1.29 is 9.47 Å². The van der Waals surface area contributed by atoms with Crippen LogP contribution in [0.25, 0.3) is 0 Å². The van der Waals surface area contributed by atoms with Gasteiger partial charge in [0.25, 0.3) is 0 Å². The van der Waals surface area contributed by atoms with E-state index in [4.69, 9.17) is 9.47 Å². The first kappa shape index (κ1) is 13.6. The van der Waals surface area contributed by atoms with Crippen molar-refractivity contribution >= 4 is 5.69 Å². The molecule has 1 N–H and O–H groups in total. The number of piperazine rings is 1. The molecule has 0 radical (unpaired) electrons. The molecule has 1 aromatic carbocycles. The van der Waals surface area contributed by atoms with Gasteiger partial charge in [-0.25, -0.2) is 0 Å². The van der Waals surface area contributed by atoms with Crippen LogP contribution in [0.2, 0.25) is 0 Å². The van der Waals surface area contributed by atoms with Crippen LogP contribution < -0.4 is 19.7 Å². The predicted molar refractivity (Wildman–Crippen MR) is 80.9 cm³/mol. The molecule has 0 spiro atoms. The first-order chi connectivity index (χ1) is 9.83. The van der Waals surface area contributed by atoms with Crippen molar-refractivity contribution in [2.45, 2.75) is 37.8 Å². The summed E-state index contributed by atoms with van der Waals surface area (Å²) in [6.45, 7) is 2.10. The summed E-state index contributed by atoms with van der Waals surface area (Å²) in [4.78, 5) is 2.53. The van der Waals surface area contributed by atoms with Gasteiger partial charge >= 0.3 is 0 Å². The maximum absolute atomic E-state index is 5.58. The fourth-order valence-corrected chi connectivity index (χ4v) is 3.58. The van der Waals surface area contributed by atoms with Gasteiger partial charge in [0.2, 0.25) is 0 Å². The normalized spacial score (nSPS) is 26.0. The Morgan fingerprint density at radius 3 is 2.80 bits per heavy atom. The Balaban J connectivity index is 1.90. The molecule has 4 nitrogen and oxygen atoms in total. The maximum atomic E-state index is 5.58. The van der Waals surface area contributed by atoms with Gasteiger partial charge in [0.15, 0.2) is 0 Å². The number of benzene rings is 1. The van der Waals surface area contributed by atoms with E-state index in [1.807, 2.05) is 12.1 Å². The molecule has 1 saturated heterocycles. The van der Waals surface area contributed by atoms with E-state index in [9.17, 15) is 0 Å². The van der Waals surface area contributed by atoms with Crippen LogP contribution in [-0.2, 0) is 0 Å². The van der Waals surface area contributed by atoms with E-state index in [2.05, 4.69) is 16.3 Å². The van der Waals surface area contributed by atoms with Gasteiger partial charge in [0.05, 0.1) is 19.9 Å². The summed E-state index contributed by atoms with van der Waals surface area (Å²) in [5.41, 5.74) is 1.20. The number of hydrogen-bond acceptors (Lipinski definition) is 4. The molecular weight excluding hydrogens is 252 g/mol. The molecular formula is C16H24N2O2. The average molecular weight is 276 g/mol. The van der Waals surface area contributed by atoms with Crippen LogP contribution >= 0.6 is 0 Å². The van der Waals surface area contributed by atoms with E-state index < -0.39 is 0 Å². The summed E-state index contributed by atoms with van der Waals surface area (Å²) in [5, 5.41) is 3.67.